The van der Waals surface area contributed by atoms with E-state index in [0.717, 1.165) is 17.7 Å². The van der Waals surface area contributed by atoms with E-state index in [1.54, 1.807) is 18.6 Å². The topological polar surface area (TPSA) is 51.8 Å². The first-order valence-corrected chi connectivity index (χ1v) is 3.98. The van der Waals surface area contributed by atoms with Crippen molar-refractivity contribution in [1.82, 2.24) is 9.97 Å². The van der Waals surface area contributed by atoms with Crippen LogP contribution < -0.4 is 5.73 Å². The third-order valence-electron chi connectivity index (χ3n) is 1.58. The highest BCUT2D eigenvalue weighted by Crippen LogP contribution is 2.08. The van der Waals surface area contributed by atoms with Crippen molar-refractivity contribution in [3.8, 4) is 0 Å². The van der Waals surface area contributed by atoms with Crippen LogP contribution in [0.3, 0.4) is 0 Å². The quantitative estimate of drug-likeness (QED) is 0.729. The van der Waals surface area contributed by atoms with Gasteiger partial charge in [0.2, 0.25) is 0 Å². The van der Waals surface area contributed by atoms with Crippen LogP contribution in [0, 0.1) is 0 Å². The van der Waals surface area contributed by atoms with Crippen LogP contribution in [0.1, 0.15) is 19.0 Å². The molecule has 3 heteroatoms. The Bertz CT molecular complexity index is 254. The average Bonchev–Trinajstić information content (AvgIpc) is 2.15. The fourth-order valence-electron chi connectivity index (χ4n) is 0.907. The molecular formula is C9H13N3. The Balaban J connectivity index is 2.71. The third kappa shape index (κ3) is 2.43. The van der Waals surface area contributed by atoms with Crippen LogP contribution in [0.5, 0.6) is 0 Å². The Labute approximate surface area is 72.3 Å². The second-order valence-electron chi connectivity index (χ2n) is 2.56. The third-order valence-corrected chi connectivity index (χ3v) is 1.58. The maximum Gasteiger partial charge on any atom is 0.0838 e. The van der Waals surface area contributed by atoms with Crippen molar-refractivity contribution in [2.24, 2.45) is 5.73 Å². The second kappa shape index (κ2) is 4.62. The van der Waals surface area contributed by atoms with Crippen molar-refractivity contribution in [1.29, 1.82) is 0 Å². The van der Waals surface area contributed by atoms with Gasteiger partial charge in [0.05, 0.1) is 11.9 Å². The lowest BCUT2D eigenvalue weighted by molar-refractivity contribution is 1.01. The van der Waals surface area contributed by atoms with Crippen molar-refractivity contribution >= 4 is 5.57 Å². The molecule has 12 heavy (non-hydrogen) atoms. The van der Waals surface area contributed by atoms with Gasteiger partial charge in [0, 0.05) is 12.4 Å². The first-order valence-electron chi connectivity index (χ1n) is 3.98. The smallest absolute Gasteiger partial charge is 0.0838 e. The summed E-state index contributed by atoms with van der Waals surface area (Å²) in [6, 6.07) is 0. The molecule has 1 heterocycles. The fraction of sp³-hybridized carbons (Fsp3) is 0.333. The molecule has 0 saturated heterocycles. The van der Waals surface area contributed by atoms with Crippen LogP contribution in [0.4, 0.5) is 0 Å². The summed E-state index contributed by atoms with van der Waals surface area (Å²) in [4.78, 5) is 8.14. The summed E-state index contributed by atoms with van der Waals surface area (Å²) in [5.41, 5.74) is 7.43. The lowest BCUT2D eigenvalue weighted by atomic mass is 10.2. The highest BCUT2D eigenvalue weighted by molar-refractivity contribution is 5.59. The summed E-state index contributed by atoms with van der Waals surface area (Å²) in [5, 5.41) is 0. The molecular weight excluding hydrogens is 150 g/mol. The number of hydrogen-bond donors (Lipinski definition) is 1. The molecule has 0 amide bonds. The zero-order chi connectivity index (χ0) is 8.81. The van der Waals surface area contributed by atoms with Gasteiger partial charge in [-0.05, 0) is 25.5 Å². The lowest BCUT2D eigenvalue weighted by Gasteiger charge is -1.97. The number of aromatic nitrogens is 2. The Morgan fingerprint density at radius 1 is 1.58 bits per heavy atom. The monoisotopic (exact) mass is 163 g/mol. The molecule has 0 aliphatic carbocycles. The van der Waals surface area contributed by atoms with E-state index in [9.17, 15) is 0 Å². The van der Waals surface area contributed by atoms with E-state index in [1.165, 1.54) is 0 Å². The maximum atomic E-state index is 5.37. The molecule has 1 aromatic heterocycles. The van der Waals surface area contributed by atoms with Gasteiger partial charge in [-0.15, -0.1) is 0 Å². The predicted octanol–water partition coefficient (Wildman–Crippen LogP) is 1.23. The molecule has 0 spiro atoms. The minimum absolute atomic E-state index is 0.678. The number of allylic oxidation sites excluding steroid dienone is 1. The highest BCUT2D eigenvalue weighted by Gasteiger charge is 1.93. The van der Waals surface area contributed by atoms with Crippen molar-refractivity contribution in [3.63, 3.8) is 0 Å². The molecule has 2 N–H and O–H groups in total. The van der Waals surface area contributed by atoms with Crippen molar-refractivity contribution in [2.75, 3.05) is 6.54 Å². The molecule has 0 fully saturated rings. The summed E-state index contributed by atoms with van der Waals surface area (Å²) in [7, 11) is 0. The minimum atomic E-state index is 0.678. The van der Waals surface area contributed by atoms with Gasteiger partial charge in [-0.25, -0.2) is 0 Å². The summed E-state index contributed by atoms with van der Waals surface area (Å²) in [5.74, 6) is 0. The molecule has 0 aromatic carbocycles. The Morgan fingerprint density at radius 2 is 2.42 bits per heavy atom. The van der Waals surface area contributed by atoms with Gasteiger partial charge in [-0.3, -0.25) is 9.97 Å². The van der Waals surface area contributed by atoms with Gasteiger partial charge in [0.25, 0.3) is 0 Å². The lowest BCUT2D eigenvalue weighted by Crippen LogP contribution is -1.96. The Hall–Kier alpha value is -1.22. The van der Waals surface area contributed by atoms with E-state index in [4.69, 9.17) is 5.73 Å². The number of rotatable bonds is 3. The van der Waals surface area contributed by atoms with Crippen LogP contribution in [-0.4, -0.2) is 16.5 Å². The fourth-order valence-corrected chi connectivity index (χ4v) is 0.907. The van der Waals surface area contributed by atoms with Gasteiger partial charge in [0.1, 0.15) is 0 Å². The van der Waals surface area contributed by atoms with Gasteiger partial charge in [-0.2, -0.15) is 0 Å². The maximum absolute atomic E-state index is 5.37. The number of nitrogens with zero attached hydrogens (tertiary/aromatic N) is 2. The van der Waals surface area contributed by atoms with Crippen LogP contribution in [0.25, 0.3) is 5.57 Å². The van der Waals surface area contributed by atoms with Crippen LogP contribution in [0.15, 0.2) is 24.7 Å². The van der Waals surface area contributed by atoms with Crippen LogP contribution in [-0.2, 0) is 0 Å². The first kappa shape index (κ1) is 8.87. The molecule has 0 unspecified atom stereocenters. The molecule has 3 nitrogen and oxygen atoms in total. The molecule has 1 aromatic rings. The second-order valence-corrected chi connectivity index (χ2v) is 2.56. The zero-order valence-corrected chi connectivity index (χ0v) is 7.20. The molecule has 0 aliphatic rings. The molecule has 0 radical (unpaired) electrons. The first-order chi connectivity index (χ1) is 5.84. The van der Waals surface area contributed by atoms with E-state index in [2.05, 4.69) is 16.0 Å². The van der Waals surface area contributed by atoms with Crippen LogP contribution in [0.2, 0.25) is 0 Å². The molecule has 0 aliphatic heterocycles. The summed E-state index contributed by atoms with van der Waals surface area (Å²) >= 11 is 0. The van der Waals surface area contributed by atoms with Gasteiger partial charge in [0.15, 0.2) is 0 Å². The Morgan fingerprint density at radius 3 is 3.00 bits per heavy atom. The molecule has 1 rings (SSSR count). The summed E-state index contributed by atoms with van der Waals surface area (Å²) in [6.07, 6.45) is 8.07. The zero-order valence-electron chi connectivity index (χ0n) is 7.20. The van der Waals surface area contributed by atoms with Gasteiger partial charge < -0.3 is 5.73 Å². The van der Waals surface area contributed by atoms with E-state index in [-0.39, 0.29) is 0 Å². The highest BCUT2D eigenvalue weighted by atomic mass is 14.8. The molecule has 0 atom stereocenters. The SMILES string of the molecule is CC(=CCCN)c1cnccn1. The molecule has 0 bridgehead atoms. The largest absolute Gasteiger partial charge is 0.330 e. The minimum Gasteiger partial charge on any atom is -0.330 e. The number of nitrogens with two attached hydrogens (primary N) is 1. The normalized spacial score (nSPS) is 11.7. The van der Waals surface area contributed by atoms with Gasteiger partial charge >= 0.3 is 0 Å². The average molecular weight is 163 g/mol. The van der Waals surface area contributed by atoms with E-state index in [1.807, 2.05) is 6.92 Å². The van der Waals surface area contributed by atoms with Crippen molar-refractivity contribution in [2.45, 2.75) is 13.3 Å². The van der Waals surface area contributed by atoms with E-state index >= 15 is 0 Å². The van der Waals surface area contributed by atoms with Crippen molar-refractivity contribution in [3.05, 3.63) is 30.4 Å². The van der Waals surface area contributed by atoms with E-state index < -0.39 is 0 Å². The van der Waals surface area contributed by atoms with Crippen molar-refractivity contribution < 1.29 is 0 Å². The van der Waals surface area contributed by atoms with E-state index in [0.29, 0.717) is 6.54 Å². The summed E-state index contributed by atoms with van der Waals surface area (Å²) in [6.45, 7) is 2.69. The Kier molecular flexibility index (Phi) is 3.41. The van der Waals surface area contributed by atoms with Gasteiger partial charge in [-0.1, -0.05) is 6.08 Å². The number of hydrogen-bond acceptors (Lipinski definition) is 3. The van der Waals surface area contributed by atoms with Crippen LogP contribution >= 0.6 is 0 Å². The molecule has 0 saturated carbocycles. The predicted molar refractivity (Wildman–Crippen MR) is 49.4 cm³/mol. The molecule has 64 valence electrons. The standard InChI is InChI=1S/C9H13N3/c1-8(3-2-4-10)9-7-11-5-6-12-9/h3,5-7H,2,4,10H2,1H3. The summed E-state index contributed by atoms with van der Waals surface area (Å²) < 4.78 is 0.